The van der Waals surface area contributed by atoms with Crippen LogP contribution in [0.3, 0.4) is 0 Å². The van der Waals surface area contributed by atoms with Crippen LogP contribution in [0, 0.1) is 0 Å². The zero-order valence-corrected chi connectivity index (χ0v) is 15.7. The zero-order chi connectivity index (χ0) is 18.2. The van der Waals surface area contributed by atoms with E-state index in [1.807, 2.05) is 0 Å². The molecule has 1 N–H and O–H groups in total. The van der Waals surface area contributed by atoms with Crippen LogP contribution in [0.5, 0.6) is 0 Å². The molecular formula is C18H27NO4S. The van der Waals surface area contributed by atoms with E-state index in [9.17, 15) is 13.8 Å². The fourth-order valence-electron chi connectivity index (χ4n) is 1.94. The molecule has 0 saturated carbocycles. The Morgan fingerprint density at radius 1 is 1.25 bits per heavy atom. The van der Waals surface area contributed by atoms with Crippen LogP contribution in [-0.4, -0.2) is 34.0 Å². The first-order valence-electron chi connectivity index (χ1n) is 8.21. The summed E-state index contributed by atoms with van der Waals surface area (Å²) in [4.78, 5) is 24.4. The lowest BCUT2D eigenvalue weighted by atomic mass is 10.1. The van der Waals surface area contributed by atoms with E-state index in [1.54, 1.807) is 45.0 Å². The van der Waals surface area contributed by atoms with Crippen molar-refractivity contribution in [2.75, 3.05) is 12.3 Å². The molecule has 0 radical (unpaired) electrons. The van der Waals surface area contributed by atoms with E-state index in [4.69, 9.17) is 4.74 Å². The number of ketones is 1. The minimum atomic E-state index is -1.08. The average Bonchev–Trinajstić information content (AvgIpc) is 2.50. The average molecular weight is 353 g/mol. The summed E-state index contributed by atoms with van der Waals surface area (Å²) >= 11 is 0. The molecule has 5 nitrogen and oxygen atoms in total. The highest BCUT2D eigenvalue weighted by atomic mass is 32.2. The van der Waals surface area contributed by atoms with Gasteiger partial charge in [-0.25, -0.2) is 4.79 Å². The molecule has 0 aliphatic carbocycles. The molecule has 24 heavy (non-hydrogen) atoms. The van der Waals surface area contributed by atoms with Gasteiger partial charge in [0.05, 0.1) is 10.8 Å². The molecule has 1 aromatic rings. The highest BCUT2D eigenvalue weighted by Crippen LogP contribution is 2.13. The van der Waals surface area contributed by atoms with E-state index in [1.165, 1.54) is 0 Å². The number of amides is 1. The third-order valence-electron chi connectivity index (χ3n) is 3.12. The second kappa shape index (κ2) is 9.57. The number of alkyl carbamates (subject to hydrolysis) is 1. The molecule has 1 aromatic carbocycles. The first-order chi connectivity index (χ1) is 11.2. The van der Waals surface area contributed by atoms with Crippen molar-refractivity contribution in [3.05, 3.63) is 29.8 Å². The van der Waals surface area contributed by atoms with E-state index in [2.05, 4.69) is 12.2 Å². The smallest absolute Gasteiger partial charge is 0.407 e. The Morgan fingerprint density at radius 3 is 2.58 bits per heavy atom. The molecule has 0 aliphatic heterocycles. The van der Waals surface area contributed by atoms with Crippen LogP contribution in [0.1, 0.15) is 57.3 Å². The van der Waals surface area contributed by atoms with Crippen LogP contribution in [-0.2, 0) is 15.5 Å². The molecule has 134 valence electrons. The topological polar surface area (TPSA) is 72.5 Å². The van der Waals surface area contributed by atoms with Gasteiger partial charge in [-0.15, -0.1) is 0 Å². The predicted octanol–water partition coefficient (Wildman–Crippen LogP) is 3.69. The summed E-state index contributed by atoms with van der Waals surface area (Å²) in [5.41, 5.74) is -0.0475. The summed E-state index contributed by atoms with van der Waals surface area (Å²) in [6.07, 6.45) is 1.51. The maximum atomic E-state index is 12.2. The van der Waals surface area contributed by atoms with Gasteiger partial charge in [0.15, 0.2) is 5.78 Å². The second-order valence-electron chi connectivity index (χ2n) is 6.53. The third kappa shape index (κ3) is 7.73. The van der Waals surface area contributed by atoms with E-state index in [0.717, 1.165) is 12.8 Å². The molecule has 0 spiro atoms. The highest BCUT2D eigenvalue weighted by Gasteiger charge is 2.16. The highest BCUT2D eigenvalue weighted by molar-refractivity contribution is 7.85. The number of hydrogen-bond acceptors (Lipinski definition) is 4. The molecule has 1 rings (SSSR count). The van der Waals surface area contributed by atoms with Gasteiger partial charge in [-0.1, -0.05) is 25.5 Å². The number of carbonyl (C=O) groups excluding carboxylic acids is 2. The minimum absolute atomic E-state index is 0.0969. The lowest BCUT2D eigenvalue weighted by molar-refractivity contribution is 0.0527. The first-order valence-corrected chi connectivity index (χ1v) is 9.53. The summed E-state index contributed by atoms with van der Waals surface area (Å²) in [6.45, 7) is 7.59. The standard InChI is InChI=1S/C18H27NO4S/c1-5-6-12-24(22)15-9-7-8-14(13-15)16(20)10-11-19-17(21)23-18(2,3)4/h7-9,13H,5-6,10-12H2,1-4H3,(H,19,21). The molecule has 1 amide bonds. The van der Waals surface area contributed by atoms with Crippen molar-refractivity contribution >= 4 is 22.7 Å². The van der Waals surface area contributed by atoms with Crippen molar-refractivity contribution < 1.29 is 18.5 Å². The van der Waals surface area contributed by atoms with Gasteiger partial charge in [0.1, 0.15) is 5.60 Å². The molecular weight excluding hydrogens is 326 g/mol. The van der Waals surface area contributed by atoms with Gasteiger partial charge in [-0.3, -0.25) is 9.00 Å². The molecule has 0 aromatic heterocycles. The van der Waals surface area contributed by atoms with Gasteiger partial charge < -0.3 is 10.1 Å². The summed E-state index contributed by atoms with van der Waals surface area (Å²) in [6, 6.07) is 6.91. The van der Waals surface area contributed by atoms with Crippen molar-refractivity contribution in [3.63, 3.8) is 0 Å². The fourth-order valence-corrected chi connectivity index (χ4v) is 3.22. The lowest BCUT2D eigenvalue weighted by Gasteiger charge is -2.19. The Labute approximate surface area is 146 Å². The van der Waals surface area contributed by atoms with Gasteiger partial charge in [0, 0.05) is 29.2 Å². The van der Waals surface area contributed by atoms with Crippen molar-refractivity contribution in [1.29, 1.82) is 0 Å². The molecule has 0 heterocycles. The molecule has 0 bridgehead atoms. The van der Waals surface area contributed by atoms with Gasteiger partial charge in [-0.05, 0) is 39.3 Å². The number of carbonyl (C=O) groups is 2. The Morgan fingerprint density at radius 2 is 1.96 bits per heavy atom. The van der Waals surface area contributed by atoms with Gasteiger partial charge in [-0.2, -0.15) is 0 Å². The maximum Gasteiger partial charge on any atom is 0.407 e. The predicted molar refractivity (Wildman–Crippen MR) is 95.8 cm³/mol. The van der Waals surface area contributed by atoms with Crippen LogP contribution in [0.25, 0.3) is 0 Å². The number of benzene rings is 1. The molecule has 0 aliphatic rings. The summed E-state index contributed by atoms with van der Waals surface area (Å²) < 4.78 is 17.3. The van der Waals surface area contributed by atoms with Gasteiger partial charge in [0.2, 0.25) is 0 Å². The van der Waals surface area contributed by atoms with Crippen molar-refractivity contribution in [2.24, 2.45) is 0 Å². The third-order valence-corrected chi connectivity index (χ3v) is 4.56. The molecule has 1 atom stereocenters. The number of hydrogen-bond donors (Lipinski definition) is 1. The van der Waals surface area contributed by atoms with Crippen LogP contribution in [0.4, 0.5) is 4.79 Å². The van der Waals surface area contributed by atoms with Crippen LogP contribution in [0.15, 0.2) is 29.2 Å². The first kappa shape index (κ1) is 20.4. The molecule has 1 unspecified atom stereocenters. The number of ether oxygens (including phenoxy) is 1. The second-order valence-corrected chi connectivity index (χ2v) is 8.10. The van der Waals surface area contributed by atoms with Crippen LogP contribution >= 0.6 is 0 Å². The fraction of sp³-hybridized carbons (Fsp3) is 0.556. The quantitative estimate of drug-likeness (QED) is 0.724. The monoisotopic (exact) mass is 353 g/mol. The van der Waals surface area contributed by atoms with Crippen molar-refractivity contribution in [2.45, 2.75) is 57.5 Å². The minimum Gasteiger partial charge on any atom is -0.444 e. The van der Waals surface area contributed by atoms with E-state index in [-0.39, 0.29) is 18.7 Å². The molecule has 0 saturated heterocycles. The van der Waals surface area contributed by atoms with Gasteiger partial charge in [0.25, 0.3) is 0 Å². The maximum absolute atomic E-state index is 12.2. The molecule has 6 heteroatoms. The van der Waals surface area contributed by atoms with Gasteiger partial charge >= 0.3 is 6.09 Å². The van der Waals surface area contributed by atoms with Crippen molar-refractivity contribution in [1.82, 2.24) is 5.32 Å². The van der Waals surface area contributed by atoms with Crippen LogP contribution in [0.2, 0.25) is 0 Å². The SMILES string of the molecule is CCCCS(=O)c1cccc(C(=O)CCNC(=O)OC(C)(C)C)c1. The Bertz CT molecular complexity index is 593. The summed E-state index contributed by atoms with van der Waals surface area (Å²) in [5, 5.41) is 2.56. The number of nitrogens with one attached hydrogen (secondary N) is 1. The Balaban J connectivity index is 2.53. The van der Waals surface area contributed by atoms with E-state index >= 15 is 0 Å². The van der Waals surface area contributed by atoms with E-state index in [0.29, 0.717) is 16.2 Å². The molecule has 0 fully saturated rings. The Kier molecular flexibility index (Phi) is 8.11. The normalized spacial score (nSPS) is 12.5. The van der Waals surface area contributed by atoms with Crippen LogP contribution < -0.4 is 5.32 Å². The number of Topliss-reactive ketones (excluding diaryl/α,β-unsaturated/α-hetero) is 1. The largest absolute Gasteiger partial charge is 0.444 e. The number of rotatable bonds is 8. The summed E-state index contributed by atoms with van der Waals surface area (Å²) in [7, 11) is -1.08. The van der Waals surface area contributed by atoms with Crippen molar-refractivity contribution in [3.8, 4) is 0 Å². The Hall–Kier alpha value is -1.69. The number of unbranched alkanes of at least 4 members (excludes halogenated alkanes) is 1. The summed E-state index contributed by atoms with van der Waals surface area (Å²) in [5.74, 6) is 0.509. The lowest BCUT2D eigenvalue weighted by Crippen LogP contribution is -2.33. The van der Waals surface area contributed by atoms with E-state index < -0.39 is 22.5 Å². The zero-order valence-electron chi connectivity index (χ0n) is 14.9.